The van der Waals surface area contributed by atoms with Crippen LogP contribution in [-0.2, 0) is 0 Å². The molecule has 4 nitrogen and oxygen atoms in total. The molecule has 0 atom stereocenters. The lowest BCUT2D eigenvalue weighted by atomic mass is 10.1. The van der Waals surface area contributed by atoms with Gasteiger partial charge in [0.15, 0.2) is 5.78 Å². The van der Waals surface area contributed by atoms with Crippen LogP contribution in [0.5, 0.6) is 17.2 Å². The summed E-state index contributed by atoms with van der Waals surface area (Å²) in [7, 11) is -5.66. The molecule has 0 spiro atoms. The maximum absolute atomic E-state index is 12.7. The van der Waals surface area contributed by atoms with E-state index in [-0.39, 0.29) is 5.78 Å². The van der Waals surface area contributed by atoms with Gasteiger partial charge in [0, 0.05) is 17.7 Å². The Morgan fingerprint density at radius 1 is 0.710 bits per heavy atom. The molecule has 2 rings (SSSR count). The number of benzene rings is 2. The molecule has 0 fully saturated rings. The summed E-state index contributed by atoms with van der Waals surface area (Å²) in [6.45, 7) is 19.3. The Morgan fingerprint density at radius 2 is 1.16 bits per heavy atom. The van der Waals surface area contributed by atoms with E-state index in [1.54, 1.807) is 6.08 Å². The summed E-state index contributed by atoms with van der Waals surface area (Å²) >= 11 is 0. The molecule has 0 aliphatic rings. The van der Waals surface area contributed by atoms with Crippen molar-refractivity contribution in [2.75, 3.05) is 0 Å². The van der Waals surface area contributed by atoms with Crippen LogP contribution in [0.4, 0.5) is 0 Å². The van der Waals surface area contributed by atoms with Gasteiger partial charge in [0.1, 0.15) is 17.2 Å². The van der Waals surface area contributed by atoms with Gasteiger partial charge < -0.3 is 13.3 Å². The van der Waals surface area contributed by atoms with Gasteiger partial charge in [0.05, 0.1) is 5.56 Å². The molecule has 2 aromatic carbocycles. The number of hydrogen-bond donors (Lipinski definition) is 0. The fourth-order valence-corrected chi connectivity index (χ4v) is 5.32. The van der Waals surface area contributed by atoms with Gasteiger partial charge in [-0.25, -0.2) is 0 Å². The zero-order valence-corrected chi connectivity index (χ0v) is 23.3. The van der Waals surface area contributed by atoms with E-state index in [9.17, 15) is 4.79 Å². The Hall–Kier alpha value is -2.10. The summed E-state index contributed by atoms with van der Waals surface area (Å²) < 4.78 is 19.1. The lowest BCUT2D eigenvalue weighted by Gasteiger charge is -2.28. The van der Waals surface area contributed by atoms with Gasteiger partial charge in [-0.2, -0.15) is 0 Å². The Kier molecular flexibility index (Phi) is 7.78. The fraction of sp³-hybridized carbons (Fsp3) is 0.375. The summed E-state index contributed by atoms with van der Waals surface area (Å²) in [6.07, 6.45) is 3.41. The minimum absolute atomic E-state index is 0.0547. The number of carbonyl (C=O) groups is 1. The molecular formula is C24H36O4Si3. The Morgan fingerprint density at radius 3 is 1.58 bits per heavy atom. The summed E-state index contributed by atoms with van der Waals surface area (Å²) in [6, 6.07) is 13.2. The Balaban J connectivity index is 2.60. The van der Waals surface area contributed by atoms with Crippen LogP contribution < -0.4 is 13.3 Å². The van der Waals surface area contributed by atoms with Crippen molar-refractivity contribution in [2.45, 2.75) is 58.9 Å². The van der Waals surface area contributed by atoms with Crippen LogP contribution in [0.15, 0.2) is 48.5 Å². The van der Waals surface area contributed by atoms with E-state index < -0.39 is 25.0 Å². The van der Waals surface area contributed by atoms with Crippen LogP contribution in [0, 0.1) is 0 Å². The number of carbonyl (C=O) groups excluding carboxylic acids is 1. The van der Waals surface area contributed by atoms with Gasteiger partial charge in [-0.15, -0.1) is 0 Å². The minimum Gasteiger partial charge on any atom is -0.544 e. The van der Waals surface area contributed by atoms with Crippen molar-refractivity contribution in [1.29, 1.82) is 0 Å². The van der Waals surface area contributed by atoms with E-state index in [4.69, 9.17) is 13.3 Å². The molecule has 0 bridgehead atoms. The molecule has 0 unspecified atom stereocenters. The topological polar surface area (TPSA) is 44.8 Å². The summed E-state index contributed by atoms with van der Waals surface area (Å²) in [4.78, 5) is 12.7. The lowest BCUT2D eigenvalue weighted by molar-refractivity contribution is 0.104. The first-order valence-corrected chi connectivity index (χ1v) is 20.9. The summed E-state index contributed by atoms with van der Waals surface area (Å²) in [5, 5.41) is 0. The molecule has 0 aromatic heterocycles. The van der Waals surface area contributed by atoms with Crippen LogP contribution >= 0.6 is 0 Å². The third-order valence-electron chi connectivity index (χ3n) is 3.79. The fourth-order valence-electron chi connectivity index (χ4n) is 2.84. The smallest absolute Gasteiger partial charge is 0.242 e. The van der Waals surface area contributed by atoms with Crippen molar-refractivity contribution in [1.82, 2.24) is 0 Å². The molecule has 0 aliphatic heterocycles. The maximum atomic E-state index is 12.7. The maximum Gasteiger partial charge on any atom is 0.242 e. The largest absolute Gasteiger partial charge is 0.544 e. The molecule has 2 aromatic rings. The highest BCUT2D eigenvalue weighted by molar-refractivity contribution is 6.71. The monoisotopic (exact) mass is 472 g/mol. The lowest BCUT2D eigenvalue weighted by Crippen LogP contribution is -2.32. The predicted molar refractivity (Wildman–Crippen MR) is 138 cm³/mol. The van der Waals surface area contributed by atoms with E-state index >= 15 is 0 Å². The van der Waals surface area contributed by atoms with Crippen molar-refractivity contribution in [2.24, 2.45) is 0 Å². The molecule has 0 saturated heterocycles. The van der Waals surface area contributed by atoms with Gasteiger partial charge in [0.25, 0.3) is 0 Å². The SMILES string of the molecule is C[Si](C)(C)Oc1cc(O[Si](C)(C)C)c(/C=C/C(=O)c2ccccc2)c(O[Si](C)(C)C)c1. The second-order valence-corrected chi connectivity index (χ2v) is 23.8. The van der Waals surface area contributed by atoms with Crippen LogP contribution in [0.25, 0.3) is 6.08 Å². The van der Waals surface area contributed by atoms with Gasteiger partial charge >= 0.3 is 0 Å². The van der Waals surface area contributed by atoms with Crippen molar-refractivity contribution in [3.63, 3.8) is 0 Å². The molecular weight excluding hydrogens is 437 g/mol. The summed E-state index contributed by atoms with van der Waals surface area (Å²) in [5.74, 6) is 2.12. The number of ketones is 1. The third kappa shape index (κ3) is 8.88. The van der Waals surface area contributed by atoms with Gasteiger partial charge in [-0.1, -0.05) is 30.3 Å². The van der Waals surface area contributed by atoms with Crippen molar-refractivity contribution in [3.05, 3.63) is 59.7 Å². The first-order chi connectivity index (χ1) is 14.1. The highest BCUT2D eigenvalue weighted by Gasteiger charge is 2.25. The molecule has 168 valence electrons. The highest BCUT2D eigenvalue weighted by atomic mass is 28.4. The number of rotatable bonds is 9. The Bertz CT molecular complexity index is 897. The first-order valence-electron chi connectivity index (χ1n) is 10.7. The molecule has 0 radical (unpaired) electrons. The highest BCUT2D eigenvalue weighted by Crippen LogP contribution is 2.38. The predicted octanol–water partition coefficient (Wildman–Crippen LogP) is 7.22. The molecule has 7 heteroatoms. The Labute approximate surface area is 190 Å². The van der Waals surface area contributed by atoms with Crippen LogP contribution in [-0.4, -0.2) is 30.7 Å². The van der Waals surface area contributed by atoms with Crippen molar-refractivity contribution >= 4 is 36.8 Å². The molecule has 0 N–H and O–H groups in total. The molecule has 0 saturated carbocycles. The zero-order chi connectivity index (χ0) is 23.4. The van der Waals surface area contributed by atoms with Gasteiger partial charge in [0.2, 0.25) is 25.0 Å². The quantitative estimate of drug-likeness (QED) is 0.219. The van der Waals surface area contributed by atoms with Crippen LogP contribution in [0.1, 0.15) is 15.9 Å². The second kappa shape index (κ2) is 9.58. The number of allylic oxidation sites excluding steroid dienone is 1. The molecule has 31 heavy (non-hydrogen) atoms. The summed E-state index contributed by atoms with van der Waals surface area (Å²) in [5.41, 5.74) is 1.44. The average Bonchev–Trinajstić information content (AvgIpc) is 2.57. The molecule has 0 amide bonds. The minimum atomic E-state index is -1.92. The van der Waals surface area contributed by atoms with Gasteiger partial charge in [-0.05, 0) is 71.1 Å². The second-order valence-electron chi connectivity index (χ2n) is 10.5. The van der Waals surface area contributed by atoms with Crippen LogP contribution in [0.2, 0.25) is 58.9 Å². The van der Waals surface area contributed by atoms with Crippen LogP contribution in [0.3, 0.4) is 0 Å². The van der Waals surface area contributed by atoms with Gasteiger partial charge in [-0.3, -0.25) is 4.79 Å². The van der Waals surface area contributed by atoms with E-state index in [2.05, 4.69) is 58.9 Å². The first kappa shape index (κ1) is 25.2. The normalized spacial score (nSPS) is 12.7. The standard InChI is InChI=1S/C24H36O4Si3/c1-29(2,3)26-20-17-23(27-30(4,5)6)21(24(18-20)28-31(7,8)9)15-16-22(25)19-13-11-10-12-14-19/h10-18H,1-9H3/b16-15+. The molecule has 0 aliphatic carbocycles. The number of hydrogen-bond acceptors (Lipinski definition) is 4. The van der Waals surface area contributed by atoms with Crippen molar-refractivity contribution in [3.8, 4) is 17.2 Å². The van der Waals surface area contributed by atoms with E-state index in [0.29, 0.717) is 17.1 Å². The van der Waals surface area contributed by atoms with Crippen molar-refractivity contribution < 1.29 is 18.1 Å². The van der Waals surface area contributed by atoms with E-state index in [1.165, 1.54) is 0 Å². The van der Waals surface area contributed by atoms with E-state index in [0.717, 1.165) is 11.3 Å². The van der Waals surface area contributed by atoms with E-state index in [1.807, 2.05) is 48.5 Å². The average molecular weight is 473 g/mol. The molecule has 0 heterocycles. The zero-order valence-electron chi connectivity index (χ0n) is 20.3. The third-order valence-corrected chi connectivity index (χ3v) is 6.31.